The standard InChI is InChI=1S/C19H19N7O6S/c1-8(27)21-19-22-15(23-24-19)11-7-33-17-14(16(30)26(17)13(11)18(31)32)25(12(29)6-20)9-2-4-10(28)5-3-9/h2-5,14,17,28H,6-7,20H2,1H3,(H,31,32)(H2,21,22,23,24,27)/t14?,17-/m0/s1. The summed E-state index contributed by atoms with van der Waals surface area (Å²) in [6.45, 7) is 0.922. The lowest BCUT2D eigenvalue weighted by molar-refractivity contribution is -0.148. The Morgan fingerprint density at radius 1 is 1.30 bits per heavy atom. The number of carbonyl (C=O) groups excluding carboxylic acids is 3. The SMILES string of the molecule is CC(=O)Nc1nnc(C2=C(C(=O)O)N3C(=O)C(N(C(=O)CN)c4ccc(O)cc4)[C@@H]3SC2)[nH]1. The maximum atomic E-state index is 13.2. The fourth-order valence-electron chi connectivity index (χ4n) is 3.68. The molecule has 3 heterocycles. The first-order valence-corrected chi connectivity index (χ1v) is 10.7. The number of H-pyrrole nitrogens is 1. The fraction of sp³-hybridized carbons (Fsp3) is 0.263. The number of carboxylic acids is 1. The molecular formula is C19H19N7O6S. The summed E-state index contributed by atoms with van der Waals surface area (Å²) in [6.07, 6.45) is 0. The molecule has 13 nitrogen and oxygen atoms in total. The predicted molar refractivity (Wildman–Crippen MR) is 117 cm³/mol. The molecule has 3 amide bonds. The number of hydrogen-bond acceptors (Lipinski definition) is 9. The number of amides is 3. The van der Waals surface area contributed by atoms with Crippen molar-refractivity contribution >= 4 is 52.7 Å². The fourth-order valence-corrected chi connectivity index (χ4v) is 5.07. The topological polar surface area (TPSA) is 195 Å². The highest BCUT2D eigenvalue weighted by atomic mass is 32.2. The first kappa shape index (κ1) is 22.3. The average molecular weight is 473 g/mol. The Hall–Kier alpha value is -3.91. The molecule has 33 heavy (non-hydrogen) atoms. The number of nitrogens with one attached hydrogen (secondary N) is 2. The number of hydrogen-bond donors (Lipinski definition) is 5. The van der Waals surface area contributed by atoms with Crippen LogP contribution >= 0.6 is 11.8 Å². The number of phenolic OH excluding ortho intramolecular Hbond substituents is 1. The van der Waals surface area contributed by atoms with E-state index in [1.807, 2.05) is 0 Å². The maximum absolute atomic E-state index is 13.2. The van der Waals surface area contributed by atoms with E-state index in [1.54, 1.807) is 0 Å². The molecule has 4 rings (SSSR count). The van der Waals surface area contributed by atoms with E-state index < -0.39 is 29.2 Å². The summed E-state index contributed by atoms with van der Waals surface area (Å²) in [5.41, 5.74) is 5.85. The molecular weight excluding hydrogens is 454 g/mol. The number of aliphatic carboxylic acids is 1. The van der Waals surface area contributed by atoms with Crippen LogP contribution in [-0.4, -0.2) is 77.7 Å². The van der Waals surface area contributed by atoms with Crippen molar-refractivity contribution in [2.45, 2.75) is 18.3 Å². The highest BCUT2D eigenvalue weighted by molar-refractivity contribution is 8.00. The molecule has 2 atom stereocenters. The van der Waals surface area contributed by atoms with Crippen LogP contribution in [0.25, 0.3) is 5.57 Å². The molecule has 14 heteroatoms. The van der Waals surface area contributed by atoms with Gasteiger partial charge in [0.05, 0.1) is 6.54 Å². The zero-order valence-corrected chi connectivity index (χ0v) is 18.0. The van der Waals surface area contributed by atoms with Crippen LogP contribution in [0.2, 0.25) is 0 Å². The molecule has 2 aliphatic heterocycles. The number of aromatic amines is 1. The Morgan fingerprint density at radius 3 is 2.61 bits per heavy atom. The molecule has 0 bridgehead atoms. The van der Waals surface area contributed by atoms with Crippen LogP contribution in [0.5, 0.6) is 5.75 Å². The van der Waals surface area contributed by atoms with E-state index >= 15 is 0 Å². The number of nitrogens with two attached hydrogens (primary N) is 1. The van der Waals surface area contributed by atoms with Gasteiger partial charge in [-0.2, -0.15) is 0 Å². The molecule has 0 saturated carbocycles. The van der Waals surface area contributed by atoms with Crippen molar-refractivity contribution in [3.63, 3.8) is 0 Å². The summed E-state index contributed by atoms with van der Waals surface area (Å²) in [6, 6.07) is 4.72. The number of β-lactam (4-membered cyclic amide) rings is 1. The second-order valence-corrected chi connectivity index (χ2v) is 8.28. The number of nitrogens with zero attached hydrogens (tertiary/aromatic N) is 4. The summed E-state index contributed by atoms with van der Waals surface area (Å²) in [4.78, 5) is 54.2. The van der Waals surface area contributed by atoms with Crippen LogP contribution < -0.4 is 16.0 Å². The first-order valence-electron chi connectivity index (χ1n) is 9.65. The Balaban J connectivity index is 1.69. The molecule has 1 saturated heterocycles. The van der Waals surface area contributed by atoms with Crippen molar-refractivity contribution in [1.82, 2.24) is 20.1 Å². The summed E-state index contributed by atoms with van der Waals surface area (Å²) in [7, 11) is 0. The van der Waals surface area contributed by atoms with Gasteiger partial charge in [0.15, 0.2) is 5.82 Å². The van der Waals surface area contributed by atoms with E-state index in [9.17, 15) is 29.4 Å². The first-order chi connectivity index (χ1) is 15.7. The predicted octanol–water partition coefficient (Wildman–Crippen LogP) is -0.460. The molecule has 1 aromatic heterocycles. The van der Waals surface area contributed by atoms with Gasteiger partial charge in [0.1, 0.15) is 22.9 Å². The van der Waals surface area contributed by atoms with Gasteiger partial charge in [0.2, 0.25) is 17.8 Å². The van der Waals surface area contributed by atoms with Crippen molar-refractivity contribution < 1.29 is 29.4 Å². The van der Waals surface area contributed by atoms with Crippen LogP contribution in [0.3, 0.4) is 0 Å². The Bertz CT molecular complexity index is 1180. The number of thioether (sulfide) groups is 1. The monoisotopic (exact) mass is 473 g/mol. The highest BCUT2D eigenvalue weighted by Crippen LogP contribution is 2.45. The zero-order valence-electron chi connectivity index (χ0n) is 17.2. The summed E-state index contributed by atoms with van der Waals surface area (Å²) < 4.78 is 0. The van der Waals surface area contributed by atoms with E-state index in [1.165, 1.54) is 47.9 Å². The number of rotatable bonds is 6. The van der Waals surface area contributed by atoms with E-state index in [2.05, 4.69) is 20.5 Å². The second kappa shape index (κ2) is 8.55. The number of phenols is 1. The van der Waals surface area contributed by atoms with Gasteiger partial charge in [0, 0.05) is 23.9 Å². The third-order valence-corrected chi connectivity index (χ3v) is 6.32. The molecule has 2 aromatic rings. The van der Waals surface area contributed by atoms with E-state index in [-0.39, 0.29) is 47.0 Å². The van der Waals surface area contributed by atoms with Crippen LogP contribution in [0.15, 0.2) is 30.0 Å². The van der Waals surface area contributed by atoms with Crippen molar-refractivity contribution in [1.29, 1.82) is 0 Å². The van der Waals surface area contributed by atoms with E-state index in [0.29, 0.717) is 5.69 Å². The molecule has 0 radical (unpaired) electrons. The lowest BCUT2D eigenvalue weighted by atomic mass is 10.00. The molecule has 1 unspecified atom stereocenters. The van der Waals surface area contributed by atoms with Crippen molar-refractivity contribution in [3.8, 4) is 5.75 Å². The Kier molecular flexibility index (Phi) is 5.78. The molecule has 6 N–H and O–H groups in total. The van der Waals surface area contributed by atoms with Crippen molar-refractivity contribution in [3.05, 3.63) is 35.8 Å². The number of aromatic hydroxyl groups is 1. The third-order valence-electron chi connectivity index (χ3n) is 5.06. The Morgan fingerprint density at radius 2 is 2.00 bits per heavy atom. The van der Waals surface area contributed by atoms with Gasteiger partial charge in [0.25, 0.3) is 5.91 Å². The van der Waals surface area contributed by atoms with E-state index in [0.717, 1.165) is 4.90 Å². The van der Waals surface area contributed by atoms with Gasteiger partial charge in [-0.05, 0) is 24.3 Å². The van der Waals surface area contributed by atoms with Crippen molar-refractivity contribution in [2.75, 3.05) is 22.5 Å². The van der Waals surface area contributed by atoms with Crippen LogP contribution in [0.1, 0.15) is 12.7 Å². The number of carbonyl (C=O) groups is 4. The lowest BCUT2D eigenvalue weighted by Crippen LogP contribution is -2.72. The number of carboxylic acid groups (broad SMARTS) is 1. The van der Waals surface area contributed by atoms with Crippen LogP contribution in [0, 0.1) is 0 Å². The number of fused-ring (bicyclic) bond motifs is 1. The molecule has 1 aromatic carbocycles. The van der Waals surface area contributed by atoms with Crippen LogP contribution in [-0.2, 0) is 19.2 Å². The third kappa shape index (κ3) is 3.89. The van der Waals surface area contributed by atoms with Gasteiger partial charge < -0.3 is 20.9 Å². The molecule has 0 spiro atoms. The lowest BCUT2D eigenvalue weighted by Gasteiger charge is -2.52. The molecule has 172 valence electrons. The summed E-state index contributed by atoms with van der Waals surface area (Å²) >= 11 is 1.25. The zero-order chi connectivity index (χ0) is 23.9. The second-order valence-electron chi connectivity index (χ2n) is 7.17. The number of aromatic nitrogens is 3. The molecule has 2 aliphatic rings. The largest absolute Gasteiger partial charge is 0.508 e. The highest BCUT2D eigenvalue weighted by Gasteiger charge is 2.57. The minimum Gasteiger partial charge on any atom is -0.508 e. The summed E-state index contributed by atoms with van der Waals surface area (Å²) in [5, 5.41) is 28.8. The Labute approximate surface area is 190 Å². The minimum absolute atomic E-state index is 0.0149. The average Bonchev–Trinajstić information content (AvgIpc) is 3.23. The van der Waals surface area contributed by atoms with Gasteiger partial charge >= 0.3 is 5.97 Å². The maximum Gasteiger partial charge on any atom is 0.353 e. The normalized spacial score (nSPS) is 19.6. The quantitative estimate of drug-likeness (QED) is 0.343. The minimum atomic E-state index is -1.35. The summed E-state index contributed by atoms with van der Waals surface area (Å²) in [5.74, 6) is -2.57. The number of anilines is 2. The van der Waals surface area contributed by atoms with Crippen molar-refractivity contribution in [2.24, 2.45) is 5.73 Å². The number of benzene rings is 1. The smallest absolute Gasteiger partial charge is 0.353 e. The van der Waals surface area contributed by atoms with Gasteiger partial charge in [-0.15, -0.1) is 22.0 Å². The van der Waals surface area contributed by atoms with Gasteiger partial charge in [-0.3, -0.25) is 29.5 Å². The van der Waals surface area contributed by atoms with E-state index in [4.69, 9.17) is 5.73 Å². The van der Waals surface area contributed by atoms with Gasteiger partial charge in [-0.1, -0.05) is 0 Å². The van der Waals surface area contributed by atoms with Crippen LogP contribution in [0.4, 0.5) is 11.6 Å². The van der Waals surface area contributed by atoms with Gasteiger partial charge in [-0.25, -0.2) is 4.79 Å². The molecule has 0 aliphatic carbocycles. The molecule has 1 fully saturated rings.